The zero-order valence-corrected chi connectivity index (χ0v) is 16.2. The molecule has 6 nitrogen and oxygen atoms in total. The number of hydrogen-bond acceptors (Lipinski definition) is 5. The van der Waals surface area contributed by atoms with Crippen LogP contribution in [0.2, 0.25) is 0 Å². The molecule has 2 rings (SSSR count). The molecule has 1 atom stereocenters. The summed E-state index contributed by atoms with van der Waals surface area (Å²) in [4.78, 5) is 20.6. The van der Waals surface area contributed by atoms with Crippen LogP contribution in [0.5, 0.6) is 0 Å². The van der Waals surface area contributed by atoms with Gasteiger partial charge in [-0.15, -0.1) is 6.58 Å². The van der Waals surface area contributed by atoms with Gasteiger partial charge in [-0.1, -0.05) is 67.1 Å². The predicted octanol–water partition coefficient (Wildman–Crippen LogP) is 2.82. The molecule has 0 saturated heterocycles. The lowest BCUT2D eigenvalue weighted by Gasteiger charge is -2.03. The van der Waals surface area contributed by atoms with Gasteiger partial charge in [-0.2, -0.15) is 0 Å². The fourth-order valence-corrected chi connectivity index (χ4v) is 2.02. The molecular weight excluding hydrogens is 354 g/mol. The highest BCUT2D eigenvalue weighted by Gasteiger charge is 2.09. The van der Waals surface area contributed by atoms with Gasteiger partial charge >= 0.3 is 5.97 Å². The van der Waals surface area contributed by atoms with Crippen LogP contribution in [0.3, 0.4) is 0 Å². The van der Waals surface area contributed by atoms with Crippen LogP contribution in [0, 0.1) is 0 Å². The number of rotatable bonds is 8. The topological polar surface area (TPSA) is 132 Å². The summed E-state index contributed by atoms with van der Waals surface area (Å²) in [5.41, 5.74) is 18.3. The molecule has 0 saturated carbocycles. The lowest BCUT2D eigenvalue weighted by molar-refractivity contribution is -0.138. The maximum absolute atomic E-state index is 10.5. The van der Waals surface area contributed by atoms with Crippen LogP contribution < -0.4 is 17.2 Å². The molecule has 0 aliphatic rings. The van der Waals surface area contributed by atoms with Crippen molar-refractivity contribution in [3.63, 3.8) is 0 Å². The molecule has 0 bridgehead atoms. The Labute approximate surface area is 167 Å². The van der Waals surface area contributed by atoms with E-state index in [9.17, 15) is 9.59 Å². The van der Waals surface area contributed by atoms with Crippen LogP contribution in [-0.2, 0) is 4.79 Å². The minimum absolute atomic E-state index is 0.520. The predicted molar refractivity (Wildman–Crippen MR) is 115 cm³/mol. The van der Waals surface area contributed by atoms with E-state index in [1.54, 1.807) is 6.08 Å². The average Bonchev–Trinajstić information content (AvgIpc) is 2.75. The summed E-state index contributed by atoms with van der Waals surface area (Å²) in [7, 11) is 0. The van der Waals surface area contributed by atoms with Crippen LogP contribution >= 0.6 is 0 Å². The third-order valence-electron chi connectivity index (χ3n) is 3.61. The Morgan fingerprint density at radius 2 is 1.54 bits per heavy atom. The van der Waals surface area contributed by atoms with Gasteiger partial charge in [0.05, 0.1) is 0 Å². The van der Waals surface area contributed by atoms with Crippen molar-refractivity contribution in [1.29, 1.82) is 0 Å². The van der Waals surface area contributed by atoms with Crippen molar-refractivity contribution < 1.29 is 14.7 Å². The maximum atomic E-state index is 10.5. The summed E-state index contributed by atoms with van der Waals surface area (Å²) in [6.07, 6.45) is 4.67. The van der Waals surface area contributed by atoms with E-state index in [4.69, 9.17) is 22.3 Å². The number of aliphatic carboxylic acids is 1. The van der Waals surface area contributed by atoms with E-state index in [0.29, 0.717) is 25.1 Å². The van der Waals surface area contributed by atoms with Crippen molar-refractivity contribution in [3.8, 4) is 11.1 Å². The van der Waals surface area contributed by atoms with Gasteiger partial charge < -0.3 is 22.3 Å². The molecule has 0 aliphatic carbocycles. The second kappa shape index (κ2) is 16.4. The SMILES string of the molecule is C=CCN.NCCCC[C@H](N)C(=O)O.O=Cc1ccc(-c2ccccc2)cc1. The third kappa shape index (κ3) is 11.7. The van der Waals surface area contributed by atoms with E-state index in [1.807, 2.05) is 42.5 Å². The first-order valence-corrected chi connectivity index (χ1v) is 9.10. The number of nitrogens with two attached hydrogens (primary N) is 3. The van der Waals surface area contributed by atoms with Crippen LogP contribution in [0.1, 0.15) is 29.6 Å². The summed E-state index contributed by atoms with van der Waals surface area (Å²) < 4.78 is 0. The van der Waals surface area contributed by atoms with Gasteiger partial charge in [0.15, 0.2) is 0 Å². The Morgan fingerprint density at radius 3 is 1.96 bits per heavy atom. The molecule has 0 amide bonds. The number of carboxylic acids is 1. The van der Waals surface area contributed by atoms with Crippen molar-refractivity contribution >= 4 is 12.3 Å². The number of carbonyl (C=O) groups is 2. The van der Waals surface area contributed by atoms with Crippen molar-refractivity contribution in [2.45, 2.75) is 25.3 Å². The number of aldehydes is 1. The lowest BCUT2D eigenvalue weighted by atomic mass is 10.0. The molecule has 0 aromatic heterocycles. The monoisotopic (exact) mass is 385 g/mol. The Hall–Kier alpha value is -2.80. The van der Waals surface area contributed by atoms with Crippen molar-refractivity contribution in [2.24, 2.45) is 17.2 Å². The van der Waals surface area contributed by atoms with Gasteiger partial charge in [0, 0.05) is 12.1 Å². The summed E-state index contributed by atoms with van der Waals surface area (Å²) in [6, 6.07) is 17.0. The minimum Gasteiger partial charge on any atom is -0.480 e. The van der Waals surface area contributed by atoms with E-state index >= 15 is 0 Å². The first-order chi connectivity index (χ1) is 13.5. The van der Waals surface area contributed by atoms with Crippen LogP contribution in [0.15, 0.2) is 67.3 Å². The number of carboxylic acid groups (broad SMARTS) is 1. The number of hydrogen-bond donors (Lipinski definition) is 4. The van der Waals surface area contributed by atoms with Gasteiger partial charge in [0.1, 0.15) is 12.3 Å². The fraction of sp³-hybridized carbons (Fsp3) is 0.273. The normalized spacial score (nSPS) is 10.4. The molecule has 28 heavy (non-hydrogen) atoms. The largest absolute Gasteiger partial charge is 0.480 e. The van der Waals surface area contributed by atoms with Gasteiger partial charge in [-0.25, -0.2) is 0 Å². The van der Waals surface area contributed by atoms with Gasteiger partial charge in [-0.05, 0) is 30.5 Å². The first kappa shape index (κ1) is 25.2. The second-order valence-electron chi connectivity index (χ2n) is 5.86. The number of carbonyl (C=O) groups excluding carboxylic acids is 1. The molecule has 0 fully saturated rings. The fourth-order valence-electron chi connectivity index (χ4n) is 2.02. The van der Waals surface area contributed by atoms with Crippen LogP contribution in [0.25, 0.3) is 11.1 Å². The molecule has 2 aromatic carbocycles. The average molecular weight is 386 g/mol. The Balaban J connectivity index is 0.000000458. The lowest BCUT2D eigenvalue weighted by Crippen LogP contribution is -2.29. The van der Waals surface area contributed by atoms with Crippen molar-refractivity contribution in [1.82, 2.24) is 0 Å². The standard InChI is InChI=1S/C13H10O.C6H14N2O2.C3H7N/c14-10-11-6-8-13(9-7-11)12-4-2-1-3-5-12;7-4-2-1-3-5(8)6(9)10;1-2-3-4/h1-10H;5H,1-4,7-8H2,(H,9,10);2H,1,3-4H2/t;5-;/m.0./s1. The summed E-state index contributed by atoms with van der Waals surface area (Å²) >= 11 is 0. The number of benzene rings is 2. The van der Waals surface area contributed by atoms with Gasteiger partial charge in [0.2, 0.25) is 0 Å². The summed E-state index contributed by atoms with van der Waals surface area (Å²) in [5.74, 6) is -0.933. The molecule has 152 valence electrons. The van der Waals surface area contributed by atoms with E-state index in [-0.39, 0.29) is 0 Å². The van der Waals surface area contributed by atoms with Crippen molar-refractivity contribution in [2.75, 3.05) is 13.1 Å². The molecular formula is C22H31N3O3. The maximum Gasteiger partial charge on any atom is 0.320 e. The van der Waals surface area contributed by atoms with E-state index in [0.717, 1.165) is 24.7 Å². The quantitative estimate of drug-likeness (QED) is 0.314. The van der Waals surface area contributed by atoms with Gasteiger partial charge in [0.25, 0.3) is 0 Å². The highest BCUT2D eigenvalue weighted by Crippen LogP contribution is 2.18. The molecule has 0 unspecified atom stereocenters. The molecule has 0 aliphatic heterocycles. The van der Waals surface area contributed by atoms with E-state index in [2.05, 4.69) is 18.7 Å². The molecule has 6 heteroatoms. The van der Waals surface area contributed by atoms with Crippen LogP contribution in [0.4, 0.5) is 0 Å². The zero-order chi connectivity index (χ0) is 21.2. The molecule has 7 N–H and O–H groups in total. The highest BCUT2D eigenvalue weighted by atomic mass is 16.4. The minimum atomic E-state index is -0.933. The van der Waals surface area contributed by atoms with Gasteiger partial charge in [-0.3, -0.25) is 9.59 Å². The smallest absolute Gasteiger partial charge is 0.320 e. The second-order valence-corrected chi connectivity index (χ2v) is 5.86. The number of unbranched alkanes of at least 4 members (excludes halogenated alkanes) is 1. The first-order valence-electron chi connectivity index (χ1n) is 9.10. The Bertz CT molecular complexity index is 673. The Morgan fingerprint density at radius 1 is 1.00 bits per heavy atom. The highest BCUT2D eigenvalue weighted by molar-refractivity contribution is 5.76. The summed E-state index contributed by atoms with van der Waals surface area (Å²) in [5, 5.41) is 8.33. The third-order valence-corrected chi connectivity index (χ3v) is 3.61. The molecule has 0 radical (unpaired) electrons. The molecule has 0 heterocycles. The zero-order valence-electron chi connectivity index (χ0n) is 16.2. The van der Waals surface area contributed by atoms with E-state index < -0.39 is 12.0 Å². The van der Waals surface area contributed by atoms with Crippen LogP contribution in [-0.4, -0.2) is 36.5 Å². The van der Waals surface area contributed by atoms with Crippen molar-refractivity contribution in [3.05, 3.63) is 72.8 Å². The molecule has 0 spiro atoms. The summed E-state index contributed by atoms with van der Waals surface area (Å²) in [6.45, 7) is 4.54. The molecule has 2 aromatic rings. The Kier molecular flexibility index (Phi) is 14.7. The van der Waals surface area contributed by atoms with E-state index in [1.165, 1.54) is 5.56 Å².